The summed E-state index contributed by atoms with van der Waals surface area (Å²) < 4.78 is 15.8. The number of methoxy groups -OCH3 is 1. The van der Waals surface area contributed by atoms with Crippen molar-refractivity contribution in [3.8, 4) is 0 Å². The third-order valence-corrected chi connectivity index (χ3v) is 2.95. The van der Waals surface area contributed by atoms with Crippen LogP contribution in [-0.2, 0) is 14.2 Å². The lowest BCUT2D eigenvalue weighted by molar-refractivity contribution is 0.0265. The first kappa shape index (κ1) is 16.8. The van der Waals surface area contributed by atoms with Crippen LogP contribution in [0, 0.1) is 0 Å². The molecular formula is C15H26N2O3. The van der Waals surface area contributed by atoms with Gasteiger partial charge >= 0.3 is 0 Å². The first-order chi connectivity index (χ1) is 9.77. The van der Waals surface area contributed by atoms with Gasteiger partial charge in [0.1, 0.15) is 0 Å². The van der Waals surface area contributed by atoms with E-state index >= 15 is 0 Å². The summed E-state index contributed by atoms with van der Waals surface area (Å²) in [6, 6.07) is 7.91. The van der Waals surface area contributed by atoms with Gasteiger partial charge in [0, 0.05) is 31.6 Å². The number of hydrogen-bond donors (Lipinski definition) is 1. The van der Waals surface area contributed by atoms with E-state index in [9.17, 15) is 0 Å². The van der Waals surface area contributed by atoms with E-state index in [4.69, 9.17) is 19.9 Å². The van der Waals surface area contributed by atoms with Gasteiger partial charge in [0.05, 0.1) is 33.0 Å². The van der Waals surface area contributed by atoms with Gasteiger partial charge in [-0.05, 0) is 31.2 Å². The van der Waals surface area contributed by atoms with Gasteiger partial charge in [-0.1, -0.05) is 0 Å². The van der Waals surface area contributed by atoms with E-state index in [0.29, 0.717) is 33.0 Å². The number of hydrogen-bond acceptors (Lipinski definition) is 5. The summed E-state index contributed by atoms with van der Waals surface area (Å²) in [5.41, 5.74) is 7.65. The van der Waals surface area contributed by atoms with E-state index in [-0.39, 0.29) is 0 Å². The van der Waals surface area contributed by atoms with Crippen molar-refractivity contribution in [1.29, 1.82) is 0 Å². The Balaban J connectivity index is 2.14. The molecule has 5 heteroatoms. The predicted octanol–water partition coefficient (Wildman–Crippen LogP) is 1.77. The van der Waals surface area contributed by atoms with Crippen LogP contribution in [0.3, 0.4) is 0 Å². The van der Waals surface area contributed by atoms with Crippen molar-refractivity contribution in [2.24, 2.45) is 0 Å². The van der Waals surface area contributed by atoms with Crippen LogP contribution in [-0.4, -0.2) is 53.2 Å². The summed E-state index contributed by atoms with van der Waals surface area (Å²) in [5, 5.41) is 0. The Hall–Kier alpha value is -1.30. The fraction of sp³-hybridized carbons (Fsp3) is 0.600. The van der Waals surface area contributed by atoms with Crippen LogP contribution in [0.15, 0.2) is 24.3 Å². The highest BCUT2D eigenvalue weighted by Gasteiger charge is 2.03. The van der Waals surface area contributed by atoms with Crippen LogP contribution in [0.25, 0.3) is 0 Å². The molecule has 0 bridgehead atoms. The number of benzene rings is 1. The van der Waals surface area contributed by atoms with Crippen molar-refractivity contribution in [1.82, 2.24) is 0 Å². The normalized spacial score (nSPS) is 10.7. The zero-order valence-electron chi connectivity index (χ0n) is 12.5. The largest absolute Gasteiger partial charge is 0.399 e. The van der Waals surface area contributed by atoms with Crippen LogP contribution >= 0.6 is 0 Å². The molecule has 0 fully saturated rings. The van der Waals surface area contributed by atoms with Crippen molar-refractivity contribution >= 4 is 11.4 Å². The molecule has 20 heavy (non-hydrogen) atoms. The first-order valence-corrected chi connectivity index (χ1v) is 7.02. The second kappa shape index (κ2) is 10.5. The number of nitrogens with zero attached hydrogens (tertiary/aromatic N) is 1. The van der Waals surface area contributed by atoms with Gasteiger partial charge in [-0.25, -0.2) is 0 Å². The molecule has 1 rings (SSSR count). The molecule has 0 atom stereocenters. The number of likely N-dealkylation sites (N-methyl/N-ethyl adjacent to an activating group) is 1. The number of nitrogen functional groups attached to an aromatic ring is 1. The molecular weight excluding hydrogens is 256 g/mol. The minimum absolute atomic E-state index is 0.608. The van der Waals surface area contributed by atoms with Crippen molar-refractivity contribution in [3.05, 3.63) is 24.3 Å². The zero-order valence-corrected chi connectivity index (χ0v) is 12.5. The average molecular weight is 282 g/mol. The quantitative estimate of drug-likeness (QED) is 0.495. The Kier molecular flexibility index (Phi) is 8.78. The molecule has 0 aliphatic rings. The first-order valence-electron chi connectivity index (χ1n) is 7.02. The van der Waals surface area contributed by atoms with E-state index in [0.717, 1.165) is 18.8 Å². The molecule has 114 valence electrons. The van der Waals surface area contributed by atoms with Crippen molar-refractivity contribution in [3.63, 3.8) is 0 Å². The Morgan fingerprint density at radius 3 is 2.15 bits per heavy atom. The molecule has 0 aliphatic carbocycles. The Labute approximate surface area is 121 Å². The molecule has 5 nitrogen and oxygen atoms in total. The van der Waals surface area contributed by atoms with Crippen molar-refractivity contribution in [2.75, 3.05) is 63.9 Å². The highest BCUT2D eigenvalue weighted by atomic mass is 16.5. The summed E-state index contributed by atoms with van der Waals surface area (Å²) >= 11 is 0. The maximum absolute atomic E-state index is 5.69. The third-order valence-electron chi connectivity index (χ3n) is 2.95. The molecule has 0 heterocycles. The lowest BCUT2D eigenvalue weighted by Gasteiger charge is -2.23. The van der Waals surface area contributed by atoms with E-state index in [1.165, 1.54) is 5.69 Å². The third kappa shape index (κ3) is 6.75. The second-order valence-corrected chi connectivity index (χ2v) is 4.39. The molecule has 0 spiro atoms. The summed E-state index contributed by atoms with van der Waals surface area (Å²) in [7, 11) is 1.66. The molecule has 0 unspecified atom stereocenters. The smallest absolute Gasteiger partial charge is 0.0701 e. The standard InChI is InChI=1S/C15H26N2O3/c1-3-17(15-6-4-14(16)5-7-15)8-9-19-12-13-20-11-10-18-2/h4-7H,3,8-13,16H2,1-2H3. The van der Waals surface area contributed by atoms with E-state index in [1.807, 2.05) is 24.3 Å². The minimum Gasteiger partial charge on any atom is -0.399 e. The fourth-order valence-electron chi connectivity index (χ4n) is 1.79. The van der Waals surface area contributed by atoms with Gasteiger partial charge in [-0.3, -0.25) is 0 Å². The number of nitrogens with two attached hydrogens (primary N) is 1. The lowest BCUT2D eigenvalue weighted by atomic mass is 10.2. The highest BCUT2D eigenvalue weighted by molar-refractivity contribution is 5.52. The Morgan fingerprint density at radius 1 is 0.950 bits per heavy atom. The van der Waals surface area contributed by atoms with Gasteiger partial charge in [0.15, 0.2) is 0 Å². The zero-order chi connectivity index (χ0) is 14.6. The van der Waals surface area contributed by atoms with Crippen molar-refractivity contribution in [2.45, 2.75) is 6.92 Å². The lowest BCUT2D eigenvalue weighted by Crippen LogP contribution is -2.27. The van der Waals surface area contributed by atoms with Gasteiger partial charge in [0.25, 0.3) is 0 Å². The van der Waals surface area contributed by atoms with Crippen LogP contribution in [0.4, 0.5) is 11.4 Å². The molecule has 0 amide bonds. The summed E-state index contributed by atoms with van der Waals surface area (Å²) in [6.07, 6.45) is 0. The van der Waals surface area contributed by atoms with Gasteiger partial charge in [-0.2, -0.15) is 0 Å². The molecule has 0 saturated heterocycles. The van der Waals surface area contributed by atoms with Gasteiger partial charge in [0.2, 0.25) is 0 Å². The minimum atomic E-state index is 0.608. The van der Waals surface area contributed by atoms with Gasteiger partial charge < -0.3 is 24.8 Å². The maximum atomic E-state index is 5.69. The topological polar surface area (TPSA) is 57.0 Å². The summed E-state index contributed by atoms with van der Waals surface area (Å²) in [4.78, 5) is 2.26. The van der Waals surface area contributed by atoms with Crippen LogP contribution < -0.4 is 10.6 Å². The SMILES string of the molecule is CCN(CCOCCOCCOC)c1ccc(N)cc1. The molecule has 0 aromatic heterocycles. The number of rotatable bonds is 11. The van der Waals surface area contributed by atoms with Gasteiger partial charge in [-0.15, -0.1) is 0 Å². The van der Waals surface area contributed by atoms with Crippen LogP contribution in [0.2, 0.25) is 0 Å². The molecule has 0 aliphatic heterocycles. The highest BCUT2D eigenvalue weighted by Crippen LogP contribution is 2.15. The average Bonchev–Trinajstić information content (AvgIpc) is 2.47. The van der Waals surface area contributed by atoms with Crippen LogP contribution in [0.5, 0.6) is 0 Å². The molecule has 0 saturated carbocycles. The summed E-state index contributed by atoms with van der Waals surface area (Å²) in [6.45, 7) is 7.08. The molecule has 2 N–H and O–H groups in total. The number of anilines is 2. The van der Waals surface area contributed by atoms with E-state index in [1.54, 1.807) is 7.11 Å². The monoisotopic (exact) mass is 282 g/mol. The molecule has 1 aromatic carbocycles. The fourth-order valence-corrected chi connectivity index (χ4v) is 1.79. The van der Waals surface area contributed by atoms with E-state index < -0.39 is 0 Å². The Bertz CT molecular complexity index is 343. The molecule has 0 radical (unpaired) electrons. The Morgan fingerprint density at radius 2 is 1.55 bits per heavy atom. The van der Waals surface area contributed by atoms with Crippen LogP contribution in [0.1, 0.15) is 6.92 Å². The maximum Gasteiger partial charge on any atom is 0.0701 e. The second-order valence-electron chi connectivity index (χ2n) is 4.39. The number of ether oxygens (including phenoxy) is 3. The van der Waals surface area contributed by atoms with Crippen molar-refractivity contribution < 1.29 is 14.2 Å². The van der Waals surface area contributed by atoms with E-state index in [2.05, 4.69) is 11.8 Å². The molecule has 1 aromatic rings. The predicted molar refractivity (Wildman–Crippen MR) is 82.3 cm³/mol. The summed E-state index contributed by atoms with van der Waals surface area (Å²) in [5.74, 6) is 0.